The van der Waals surface area contributed by atoms with Gasteiger partial charge in [-0.3, -0.25) is 4.79 Å². The predicted molar refractivity (Wildman–Crippen MR) is 119 cm³/mol. The van der Waals surface area contributed by atoms with Gasteiger partial charge in [0.15, 0.2) is 0 Å². The Balaban J connectivity index is 1.64. The molecule has 0 unspecified atom stereocenters. The summed E-state index contributed by atoms with van der Waals surface area (Å²) < 4.78 is 6.30. The lowest BCUT2D eigenvalue weighted by molar-refractivity contribution is -0.314. The number of carboxylic acid groups (broad SMARTS) is 1. The number of hydrogen-bond acceptors (Lipinski definition) is 6. The Morgan fingerprint density at radius 1 is 1.16 bits per heavy atom. The summed E-state index contributed by atoms with van der Waals surface area (Å²) in [5.74, 6) is -3.34. The van der Waals surface area contributed by atoms with Crippen LogP contribution in [0.2, 0.25) is 0 Å². The maximum Gasteiger partial charge on any atom is 0.341 e. The van der Waals surface area contributed by atoms with Crippen LogP contribution in [0.5, 0.6) is 0 Å². The maximum atomic E-state index is 13.1. The highest BCUT2D eigenvalue weighted by Gasteiger charge is 2.51. The van der Waals surface area contributed by atoms with E-state index in [0.717, 1.165) is 29.3 Å². The summed E-state index contributed by atoms with van der Waals surface area (Å²) in [4.78, 5) is 37.7. The number of hydrogen-bond donors (Lipinski definition) is 1. The zero-order chi connectivity index (χ0) is 22.1. The van der Waals surface area contributed by atoms with Crippen molar-refractivity contribution in [2.24, 2.45) is 23.7 Å². The van der Waals surface area contributed by atoms with Gasteiger partial charge in [0, 0.05) is 33.2 Å². The molecule has 2 bridgehead atoms. The molecule has 1 amide bonds. The van der Waals surface area contributed by atoms with E-state index in [1.54, 1.807) is 0 Å². The highest BCUT2D eigenvalue weighted by atomic mass is 79.9. The number of carbonyl (C=O) groups is 3. The summed E-state index contributed by atoms with van der Waals surface area (Å²) in [6.45, 7) is 2.19. The minimum absolute atomic E-state index is 0.00130. The van der Waals surface area contributed by atoms with Gasteiger partial charge in [-0.05, 0) is 55.2 Å². The molecule has 164 valence electrons. The fourth-order valence-electron chi connectivity index (χ4n) is 4.96. The summed E-state index contributed by atoms with van der Waals surface area (Å²) in [5.41, 5.74) is 1.82. The first-order valence-corrected chi connectivity index (χ1v) is 12.1. The van der Waals surface area contributed by atoms with Crippen molar-refractivity contribution in [2.45, 2.75) is 32.6 Å². The van der Waals surface area contributed by atoms with Gasteiger partial charge < -0.3 is 20.0 Å². The molecular formula is C23H23BrNO5S-. The molecule has 1 N–H and O–H groups in total. The molecule has 0 aliphatic heterocycles. The molecule has 2 aliphatic rings. The van der Waals surface area contributed by atoms with Gasteiger partial charge in [-0.1, -0.05) is 35.0 Å². The standard InChI is InChI=1S/C23H24BrNO5S/c1-2-9-30-23(29)19-16(12-5-7-15(24)8-6-12)11-31-21(19)25-20(26)17-13-3-4-14(10-13)18(17)22(27)28/h5-8,11,13-14,17-18H,2-4,9-10H2,1H3,(H,25,26)(H,27,28)/p-1/t13-,14+,17+,18+/m1/s1. The summed E-state index contributed by atoms with van der Waals surface area (Å²) in [6.07, 6.45) is 3.11. The lowest BCUT2D eigenvalue weighted by Gasteiger charge is -2.30. The van der Waals surface area contributed by atoms with Crippen molar-refractivity contribution in [3.63, 3.8) is 0 Å². The molecular weight excluding hydrogens is 482 g/mol. The minimum Gasteiger partial charge on any atom is -0.550 e. The van der Waals surface area contributed by atoms with Gasteiger partial charge in [0.1, 0.15) is 10.6 Å². The SMILES string of the molecule is CCCOC(=O)c1c(-c2ccc(Br)cc2)csc1NC(=O)[C@H]1[C@@H]2CC[C@@H](C2)[C@@H]1C(=O)[O-]. The van der Waals surface area contributed by atoms with Crippen molar-refractivity contribution in [1.29, 1.82) is 0 Å². The molecule has 2 saturated carbocycles. The van der Waals surface area contributed by atoms with Gasteiger partial charge in [-0.2, -0.15) is 0 Å². The van der Waals surface area contributed by atoms with Crippen molar-refractivity contribution >= 4 is 50.1 Å². The van der Waals surface area contributed by atoms with E-state index in [0.29, 0.717) is 22.5 Å². The van der Waals surface area contributed by atoms with Crippen LogP contribution < -0.4 is 10.4 Å². The van der Waals surface area contributed by atoms with Crippen molar-refractivity contribution in [3.05, 3.63) is 39.7 Å². The topological polar surface area (TPSA) is 95.5 Å². The van der Waals surface area contributed by atoms with E-state index in [-0.39, 0.29) is 24.3 Å². The van der Waals surface area contributed by atoms with Crippen molar-refractivity contribution < 1.29 is 24.2 Å². The Morgan fingerprint density at radius 2 is 1.84 bits per heavy atom. The Hall–Kier alpha value is -2.19. The second kappa shape index (κ2) is 9.12. The number of benzene rings is 1. The summed E-state index contributed by atoms with van der Waals surface area (Å²) >= 11 is 4.66. The van der Waals surface area contributed by atoms with Gasteiger partial charge in [0.2, 0.25) is 5.91 Å². The molecule has 6 nitrogen and oxygen atoms in total. The van der Waals surface area contributed by atoms with E-state index >= 15 is 0 Å². The molecule has 2 aliphatic carbocycles. The lowest BCUT2D eigenvalue weighted by atomic mass is 9.79. The number of thiophene rings is 1. The third kappa shape index (κ3) is 4.28. The van der Waals surface area contributed by atoms with Crippen molar-refractivity contribution in [3.8, 4) is 11.1 Å². The average Bonchev–Trinajstić information content (AvgIpc) is 3.47. The number of carboxylic acids is 1. The van der Waals surface area contributed by atoms with Crippen LogP contribution in [0.15, 0.2) is 34.1 Å². The van der Waals surface area contributed by atoms with Crippen LogP contribution in [0.3, 0.4) is 0 Å². The Bertz CT molecular complexity index is 1000. The molecule has 8 heteroatoms. The zero-order valence-corrected chi connectivity index (χ0v) is 19.5. The zero-order valence-electron chi connectivity index (χ0n) is 17.1. The molecule has 2 fully saturated rings. The van der Waals surface area contributed by atoms with Crippen molar-refractivity contribution in [2.75, 3.05) is 11.9 Å². The second-order valence-corrected chi connectivity index (χ2v) is 9.98. The van der Waals surface area contributed by atoms with Crippen LogP contribution in [0, 0.1) is 23.7 Å². The third-order valence-electron chi connectivity index (χ3n) is 6.32. The number of amides is 1. The number of ether oxygens (including phenoxy) is 1. The third-order valence-corrected chi connectivity index (χ3v) is 7.74. The maximum absolute atomic E-state index is 13.1. The molecule has 0 radical (unpaired) electrons. The van der Waals surface area contributed by atoms with Crippen LogP contribution in [-0.4, -0.2) is 24.5 Å². The van der Waals surface area contributed by atoms with Crippen molar-refractivity contribution in [1.82, 2.24) is 0 Å². The van der Waals surface area contributed by atoms with E-state index in [9.17, 15) is 19.5 Å². The van der Waals surface area contributed by atoms with Gasteiger partial charge >= 0.3 is 5.97 Å². The number of aliphatic carboxylic acids is 1. The fourth-order valence-corrected chi connectivity index (χ4v) is 6.19. The monoisotopic (exact) mass is 504 g/mol. The number of fused-ring (bicyclic) bond motifs is 2. The van der Waals surface area contributed by atoms with E-state index in [1.807, 2.05) is 36.6 Å². The number of halogens is 1. The Labute approximate surface area is 193 Å². The quantitative estimate of drug-likeness (QED) is 0.572. The van der Waals surface area contributed by atoms with Crippen LogP contribution in [-0.2, 0) is 14.3 Å². The predicted octanol–water partition coefficient (Wildman–Crippen LogP) is 4.10. The van der Waals surface area contributed by atoms with E-state index < -0.39 is 23.8 Å². The first-order chi connectivity index (χ1) is 14.9. The molecule has 2 aromatic rings. The summed E-state index contributed by atoms with van der Waals surface area (Å²) in [6, 6.07) is 7.53. The van der Waals surface area contributed by atoms with Crippen LogP contribution >= 0.6 is 27.3 Å². The van der Waals surface area contributed by atoms with E-state index in [1.165, 1.54) is 11.3 Å². The summed E-state index contributed by atoms with van der Waals surface area (Å²) in [5, 5.41) is 16.8. The Morgan fingerprint density at radius 3 is 2.48 bits per heavy atom. The average molecular weight is 505 g/mol. The molecule has 1 aromatic heterocycles. The molecule has 0 spiro atoms. The van der Waals surface area contributed by atoms with Gasteiger partial charge in [0.05, 0.1) is 6.61 Å². The normalized spacial score (nSPS) is 24.2. The number of rotatable bonds is 7. The highest BCUT2D eigenvalue weighted by molar-refractivity contribution is 9.10. The first-order valence-electron chi connectivity index (χ1n) is 10.5. The van der Waals surface area contributed by atoms with Crippen LogP contribution in [0.25, 0.3) is 11.1 Å². The number of anilines is 1. The number of esters is 1. The Kier molecular flexibility index (Phi) is 6.48. The molecule has 1 aromatic carbocycles. The molecule has 1 heterocycles. The molecule has 0 saturated heterocycles. The van der Waals surface area contributed by atoms with Crippen LogP contribution in [0.4, 0.5) is 5.00 Å². The highest BCUT2D eigenvalue weighted by Crippen LogP contribution is 2.52. The molecule has 4 atom stereocenters. The number of nitrogens with one attached hydrogen (secondary N) is 1. The van der Waals surface area contributed by atoms with Gasteiger partial charge in [-0.15, -0.1) is 11.3 Å². The molecule has 31 heavy (non-hydrogen) atoms. The summed E-state index contributed by atoms with van der Waals surface area (Å²) in [7, 11) is 0. The van der Waals surface area contributed by atoms with E-state index in [2.05, 4.69) is 21.2 Å². The minimum atomic E-state index is -1.16. The first kappa shape index (κ1) is 22.0. The van der Waals surface area contributed by atoms with E-state index in [4.69, 9.17) is 4.74 Å². The number of carbonyl (C=O) groups excluding carboxylic acids is 3. The van der Waals surface area contributed by atoms with Crippen LogP contribution in [0.1, 0.15) is 43.0 Å². The van der Waals surface area contributed by atoms with Gasteiger partial charge in [0.25, 0.3) is 0 Å². The lowest BCUT2D eigenvalue weighted by Crippen LogP contribution is -2.44. The molecule has 4 rings (SSSR count). The van der Waals surface area contributed by atoms with Gasteiger partial charge in [-0.25, -0.2) is 4.79 Å². The fraction of sp³-hybridized carbons (Fsp3) is 0.435. The second-order valence-electron chi connectivity index (χ2n) is 8.19. The smallest absolute Gasteiger partial charge is 0.341 e. The largest absolute Gasteiger partial charge is 0.550 e.